The zero-order chi connectivity index (χ0) is 35.6. The molecule has 1 amide bonds. The molecule has 3 aromatic heterocycles. The quantitative estimate of drug-likeness (QED) is 0.185. The molecule has 51 heavy (non-hydrogen) atoms. The third-order valence-electron chi connectivity index (χ3n) is 8.98. The number of aromatic nitrogens is 3. The van der Waals surface area contributed by atoms with Crippen LogP contribution in [0, 0.1) is 0 Å². The van der Waals surface area contributed by atoms with Gasteiger partial charge in [0.15, 0.2) is 5.03 Å². The first-order chi connectivity index (χ1) is 24.6. The predicted octanol–water partition coefficient (Wildman–Crippen LogP) is 4.53. The van der Waals surface area contributed by atoms with Crippen LogP contribution in [0.25, 0.3) is 21.5 Å². The van der Waals surface area contributed by atoms with Gasteiger partial charge < -0.3 is 14.0 Å². The second kappa shape index (κ2) is 14.1. The summed E-state index contributed by atoms with van der Waals surface area (Å²) in [6.07, 6.45) is 4.58. The van der Waals surface area contributed by atoms with Crippen LogP contribution in [0.5, 0.6) is 5.75 Å². The third-order valence-corrected chi connectivity index (χ3v) is 12.0. The van der Waals surface area contributed by atoms with Gasteiger partial charge in [-0.05, 0) is 59.2 Å². The summed E-state index contributed by atoms with van der Waals surface area (Å²) < 4.78 is 61.5. The van der Waals surface area contributed by atoms with E-state index >= 15 is 0 Å². The van der Waals surface area contributed by atoms with E-state index in [1.807, 2.05) is 24.3 Å². The van der Waals surface area contributed by atoms with Gasteiger partial charge in [-0.2, -0.15) is 12.7 Å². The second-order valence-electron chi connectivity index (χ2n) is 12.1. The number of anilines is 1. The first kappa shape index (κ1) is 34.0. The third kappa shape index (κ3) is 6.98. The molecular formula is C37H34N6O6S2. The van der Waals surface area contributed by atoms with Gasteiger partial charge in [-0.15, -0.1) is 0 Å². The Morgan fingerprint density at radius 2 is 1.29 bits per heavy atom. The lowest BCUT2D eigenvalue weighted by Crippen LogP contribution is -2.56. The molecule has 1 aliphatic heterocycles. The zero-order valence-corrected chi connectivity index (χ0v) is 29.2. The average molecular weight is 723 g/mol. The molecule has 0 spiro atoms. The van der Waals surface area contributed by atoms with Crippen molar-refractivity contribution in [1.82, 2.24) is 24.2 Å². The fourth-order valence-corrected chi connectivity index (χ4v) is 8.76. The van der Waals surface area contributed by atoms with E-state index in [0.29, 0.717) is 53.3 Å². The molecule has 1 aliphatic rings. The van der Waals surface area contributed by atoms with Crippen LogP contribution in [-0.4, -0.2) is 86.2 Å². The summed E-state index contributed by atoms with van der Waals surface area (Å²) >= 11 is 0. The Balaban J connectivity index is 1.16. The van der Waals surface area contributed by atoms with Crippen molar-refractivity contribution < 1.29 is 25.8 Å². The van der Waals surface area contributed by atoms with Crippen LogP contribution >= 0.6 is 0 Å². The van der Waals surface area contributed by atoms with Crippen molar-refractivity contribution in [3.8, 4) is 5.75 Å². The van der Waals surface area contributed by atoms with Gasteiger partial charge in [0.05, 0.1) is 0 Å². The Hall–Kier alpha value is -5.44. The summed E-state index contributed by atoms with van der Waals surface area (Å²) in [5.41, 5.74) is 0.599. The first-order valence-electron chi connectivity index (χ1n) is 16.3. The molecule has 0 radical (unpaired) electrons. The highest BCUT2D eigenvalue weighted by Crippen LogP contribution is 2.28. The monoisotopic (exact) mass is 722 g/mol. The van der Waals surface area contributed by atoms with Crippen LogP contribution in [-0.2, 0) is 31.4 Å². The lowest BCUT2D eigenvalue weighted by molar-refractivity contribution is -0.135. The van der Waals surface area contributed by atoms with Gasteiger partial charge in [-0.1, -0.05) is 66.7 Å². The zero-order valence-electron chi connectivity index (χ0n) is 27.6. The van der Waals surface area contributed by atoms with E-state index in [1.54, 1.807) is 77.8 Å². The summed E-state index contributed by atoms with van der Waals surface area (Å²) in [4.78, 5) is 30.8. The van der Waals surface area contributed by atoms with E-state index in [1.165, 1.54) is 31.6 Å². The van der Waals surface area contributed by atoms with Crippen molar-refractivity contribution >= 4 is 53.4 Å². The van der Waals surface area contributed by atoms with Gasteiger partial charge in [0, 0.05) is 62.6 Å². The number of hydrogen-bond donors (Lipinski definition) is 0. The summed E-state index contributed by atoms with van der Waals surface area (Å²) in [5, 5.41) is 1.95. The molecule has 260 valence electrons. The van der Waals surface area contributed by atoms with E-state index < -0.39 is 26.2 Å². The van der Waals surface area contributed by atoms with Crippen LogP contribution in [0.2, 0.25) is 0 Å². The molecule has 3 aromatic carbocycles. The van der Waals surface area contributed by atoms with Crippen molar-refractivity contribution in [2.24, 2.45) is 0 Å². The van der Waals surface area contributed by atoms with Gasteiger partial charge >= 0.3 is 10.1 Å². The number of benzene rings is 3. The number of amides is 1. The Labute approximate surface area is 296 Å². The Bertz CT molecular complexity index is 2410. The van der Waals surface area contributed by atoms with Gasteiger partial charge in [-0.25, -0.2) is 23.4 Å². The lowest BCUT2D eigenvalue weighted by atomic mass is 10.0. The molecule has 7 rings (SSSR count). The summed E-state index contributed by atoms with van der Waals surface area (Å²) in [5.74, 6) is 0.498. The highest BCUT2D eigenvalue weighted by atomic mass is 32.2. The minimum absolute atomic E-state index is 0.0116. The van der Waals surface area contributed by atoms with Crippen LogP contribution < -0.4 is 9.08 Å². The largest absolute Gasteiger partial charge is 0.378 e. The summed E-state index contributed by atoms with van der Waals surface area (Å²) in [6.45, 7) is 1.81. The van der Waals surface area contributed by atoms with Crippen molar-refractivity contribution in [2.75, 3.05) is 38.1 Å². The van der Waals surface area contributed by atoms with Gasteiger partial charge in [0.1, 0.15) is 17.6 Å². The molecule has 1 fully saturated rings. The molecular weight excluding hydrogens is 689 g/mol. The standard InChI is InChI=1S/C37H34N6O6S2/c1-41(50(45,46)35-31-10-4-2-8-28(31)17-20-39-35)33(37(44)43-24-22-42(23-25-43)34-12-6-7-19-38-34)26-27-13-15-30(16-14-27)49-51(47,48)36-32-11-5-3-9-29(32)18-21-40-36/h2-21,33H,22-26H2,1H3. The number of pyridine rings is 3. The number of sulfonamides is 1. The molecule has 0 saturated carbocycles. The number of fused-ring (bicyclic) bond motifs is 2. The molecule has 6 aromatic rings. The number of nitrogens with zero attached hydrogens (tertiary/aromatic N) is 6. The van der Waals surface area contributed by atoms with Gasteiger partial charge in [0.2, 0.25) is 10.9 Å². The summed E-state index contributed by atoms with van der Waals surface area (Å²) in [6, 6.07) is 28.2. The van der Waals surface area contributed by atoms with E-state index in [0.717, 1.165) is 10.1 Å². The second-order valence-corrected chi connectivity index (χ2v) is 15.5. The van der Waals surface area contributed by atoms with Crippen LogP contribution in [0.1, 0.15) is 5.56 Å². The lowest BCUT2D eigenvalue weighted by Gasteiger charge is -2.38. The van der Waals surface area contributed by atoms with Crippen molar-refractivity contribution in [1.29, 1.82) is 0 Å². The first-order valence-corrected chi connectivity index (χ1v) is 19.1. The van der Waals surface area contributed by atoms with E-state index in [9.17, 15) is 21.6 Å². The van der Waals surface area contributed by atoms with Crippen molar-refractivity contribution in [3.05, 3.63) is 127 Å². The van der Waals surface area contributed by atoms with Crippen LogP contribution in [0.3, 0.4) is 0 Å². The molecule has 1 unspecified atom stereocenters. The Kier molecular flexibility index (Phi) is 9.38. The average Bonchev–Trinajstić information content (AvgIpc) is 3.17. The van der Waals surface area contributed by atoms with E-state index in [-0.39, 0.29) is 28.1 Å². The van der Waals surface area contributed by atoms with Gasteiger partial charge in [0.25, 0.3) is 10.0 Å². The molecule has 1 saturated heterocycles. The minimum atomic E-state index is -4.28. The molecule has 1 atom stereocenters. The molecule has 0 aliphatic carbocycles. The highest BCUT2D eigenvalue weighted by molar-refractivity contribution is 7.89. The number of piperazine rings is 1. The van der Waals surface area contributed by atoms with Crippen LogP contribution in [0.15, 0.2) is 132 Å². The van der Waals surface area contributed by atoms with Crippen LogP contribution in [0.4, 0.5) is 5.82 Å². The molecule has 12 nitrogen and oxygen atoms in total. The van der Waals surface area contributed by atoms with Crippen molar-refractivity contribution in [2.45, 2.75) is 22.5 Å². The molecule has 4 heterocycles. The normalized spacial score (nSPS) is 14.5. The fraction of sp³-hybridized carbons (Fsp3) is 0.189. The van der Waals surface area contributed by atoms with Gasteiger partial charge in [-0.3, -0.25) is 4.79 Å². The maximum atomic E-state index is 14.3. The number of rotatable bonds is 10. The topological polar surface area (TPSA) is 143 Å². The maximum Gasteiger partial charge on any atom is 0.357 e. The molecule has 14 heteroatoms. The highest BCUT2D eigenvalue weighted by Gasteiger charge is 2.38. The number of likely N-dealkylation sites (N-methyl/N-ethyl adjacent to an activating group) is 1. The fourth-order valence-electron chi connectivity index (χ4n) is 6.24. The van der Waals surface area contributed by atoms with Crippen molar-refractivity contribution in [3.63, 3.8) is 0 Å². The molecule has 0 N–H and O–H groups in total. The summed E-state index contributed by atoms with van der Waals surface area (Å²) in [7, 11) is -7.15. The smallest absolute Gasteiger partial charge is 0.357 e. The SMILES string of the molecule is CN(C(Cc1ccc(OS(=O)(=O)c2nccc3ccccc23)cc1)C(=O)N1CCN(c2ccccn2)CC1)S(=O)(=O)c1nccc2ccccc12. The Morgan fingerprint density at radius 3 is 1.92 bits per heavy atom. The maximum absolute atomic E-state index is 14.3. The van der Waals surface area contributed by atoms with E-state index in [2.05, 4.69) is 19.9 Å². The Morgan fingerprint density at radius 1 is 0.706 bits per heavy atom. The number of carbonyl (C=O) groups is 1. The predicted molar refractivity (Wildman–Crippen MR) is 193 cm³/mol. The number of carbonyl (C=O) groups excluding carboxylic acids is 1. The number of hydrogen-bond acceptors (Lipinski definition) is 10. The molecule has 0 bridgehead atoms. The minimum Gasteiger partial charge on any atom is -0.378 e. The van der Waals surface area contributed by atoms with E-state index in [4.69, 9.17) is 4.18 Å².